The van der Waals surface area contributed by atoms with Crippen molar-refractivity contribution in [1.29, 1.82) is 0 Å². The van der Waals surface area contributed by atoms with Gasteiger partial charge in [-0.3, -0.25) is 9.80 Å². The molecule has 1 aromatic rings. The Morgan fingerprint density at radius 2 is 1.90 bits per heavy atom. The fraction of sp³-hybridized carbons (Fsp3) is 0.625. The molecule has 1 atom stereocenters. The second-order valence-corrected chi connectivity index (χ2v) is 5.89. The number of nitrogens with one attached hydrogen (secondary N) is 1. The van der Waals surface area contributed by atoms with E-state index >= 15 is 0 Å². The fourth-order valence-corrected chi connectivity index (χ4v) is 3.27. The average molecular weight is 296 g/mol. The van der Waals surface area contributed by atoms with Crippen LogP contribution in [-0.4, -0.2) is 55.1 Å². The van der Waals surface area contributed by atoms with Crippen molar-refractivity contribution in [2.75, 3.05) is 39.3 Å². The number of nitrogens with zero attached hydrogens (tertiary/aromatic N) is 2. The van der Waals surface area contributed by atoms with Gasteiger partial charge in [0.15, 0.2) is 0 Å². The Balaban J connectivity index is 0.00000147. The van der Waals surface area contributed by atoms with Crippen LogP contribution in [0.25, 0.3) is 0 Å². The van der Waals surface area contributed by atoms with Crippen molar-refractivity contribution in [2.24, 2.45) is 0 Å². The number of hydrogen-bond donors (Lipinski definition) is 1. The minimum atomic E-state index is 0. The molecule has 0 aliphatic carbocycles. The van der Waals surface area contributed by atoms with Crippen LogP contribution >= 0.6 is 12.4 Å². The molecular formula is C16H26ClN3. The molecule has 4 heteroatoms. The second-order valence-electron chi connectivity index (χ2n) is 5.89. The first-order chi connectivity index (χ1) is 9.33. The van der Waals surface area contributed by atoms with Gasteiger partial charge in [-0.15, -0.1) is 12.4 Å². The summed E-state index contributed by atoms with van der Waals surface area (Å²) in [6.07, 6.45) is 1.33. The van der Waals surface area contributed by atoms with E-state index in [1.807, 2.05) is 0 Å². The Morgan fingerprint density at radius 1 is 1.15 bits per heavy atom. The quantitative estimate of drug-likeness (QED) is 0.919. The fourth-order valence-electron chi connectivity index (χ4n) is 3.27. The number of hydrogen-bond acceptors (Lipinski definition) is 3. The third-order valence-corrected chi connectivity index (χ3v) is 4.61. The second kappa shape index (κ2) is 7.41. The molecule has 2 aliphatic rings. The Bertz CT molecular complexity index is 410. The number of benzene rings is 1. The molecule has 2 fully saturated rings. The van der Waals surface area contributed by atoms with Gasteiger partial charge in [0, 0.05) is 45.3 Å². The third kappa shape index (κ3) is 3.73. The summed E-state index contributed by atoms with van der Waals surface area (Å²) in [5.41, 5.74) is 2.91. The predicted octanol–water partition coefficient (Wildman–Crippen LogP) is 1.90. The van der Waals surface area contributed by atoms with Crippen molar-refractivity contribution in [2.45, 2.75) is 25.9 Å². The van der Waals surface area contributed by atoms with E-state index in [4.69, 9.17) is 0 Å². The number of rotatable bonds is 3. The SMILES string of the molecule is Cc1ccccc1CN1CCN(C2CCNC2)CC1.Cl. The lowest BCUT2D eigenvalue weighted by Crippen LogP contribution is -2.50. The Kier molecular flexibility index (Phi) is 5.85. The van der Waals surface area contributed by atoms with Gasteiger partial charge >= 0.3 is 0 Å². The molecule has 112 valence electrons. The van der Waals surface area contributed by atoms with E-state index in [0.717, 1.165) is 12.6 Å². The maximum Gasteiger partial charge on any atom is 0.0237 e. The van der Waals surface area contributed by atoms with Crippen LogP contribution in [-0.2, 0) is 6.54 Å². The molecule has 1 N–H and O–H groups in total. The molecule has 0 amide bonds. The van der Waals surface area contributed by atoms with E-state index in [1.165, 1.54) is 56.8 Å². The largest absolute Gasteiger partial charge is 0.315 e. The van der Waals surface area contributed by atoms with Crippen LogP contribution in [0, 0.1) is 6.92 Å². The van der Waals surface area contributed by atoms with Crippen LogP contribution in [0.3, 0.4) is 0 Å². The highest BCUT2D eigenvalue weighted by Gasteiger charge is 2.25. The first-order valence-electron chi connectivity index (χ1n) is 7.54. The molecule has 3 rings (SSSR count). The first-order valence-corrected chi connectivity index (χ1v) is 7.54. The van der Waals surface area contributed by atoms with Gasteiger partial charge in [0.2, 0.25) is 0 Å². The van der Waals surface area contributed by atoms with Gasteiger partial charge in [-0.05, 0) is 31.0 Å². The molecule has 1 aromatic carbocycles. The molecule has 2 heterocycles. The zero-order valence-corrected chi connectivity index (χ0v) is 13.2. The maximum atomic E-state index is 3.47. The predicted molar refractivity (Wildman–Crippen MR) is 86.6 cm³/mol. The zero-order chi connectivity index (χ0) is 13.1. The summed E-state index contributed by atoms with van der Waals surface area (Å²) in [7, 11) is 0. The van der Waals surface area contributed by atoms with E-state index in [0.29, 0.717) is 0 Å². The van der Waals surface area contributed by atoms with Gasteiger partial charge in [0.25, 0.3) is 0 Å². The summed E-state index contributed by atoms with van der Waals surface area (Å²) >= 11 is 0. The van der Waals surface area contributed by atoms with Crippen LogP contribution in [0.1, 0.15) is 17.5 Å². The van der Waals surface area contributed by atoms with Crippen molar-refractivity contribution < 1.29 is 0 Å². The minimum absolute atomic E-state index is 0. The lowest BCUT2D eigenvalue weighted by molar-refractivity contribution is 0.0980. The third-order valence-electron chi connectivity index (χ3n) is 4.61. The van der Waals surface area contributed by atoms with Crippen LogP contribution in [0.5, 0.6) is 0 Å². The van der Waals surface area contributed by atoms with Crippen molar-refractivity contribution in [3.05, 3.63) is 35.4 Å². The first kappa shape index (κ1) is 15.8. The summed E-state index contributed by atoms with van der Waals surface area (Å²) in [5, 5.41) is 3.47. The van der Waals surface area contributed by atoms with Gasteiger partial charge in [0.05, 0.1) is 0 Å². The molecule has 2 saturated heterocycles. The van der Waals surface area contributed by atoms with Gasteiger partial charge in [-0.25, -0.2) is 0 Å². The van der Waals surface area contributed by atoms with Crippen LogP contribution in [0.15, 0.2) is 24.3 Å². The molecule has 3 nitrogen and oxygen atoms in total. The molecule has 1 unspecified atom stereocenters. The summed E-state index contributed by atoms with van der Waals surface area (Å²) < 4.78 is 0. The maximum absolute atomic E-state index is 3.47. The zero-order valence-electron chi connectivity index (χ0n) is 12.3. The molecule has 0 saturated carbocycles. The Hall–Kier alpha value is -0.610. The topological polar surface area (TPSA) is 18.5 Å². The highest BCUT2D eigenvalue weighted by molar-refractivity contribution is 5.85. The Morgan fingerprint density at radius 3 is 2.55 bits per heavy atom. The number of aryl methyl sites for hydroxylation is 1. The lowest BCUT2D eigenvalue weighted by Gasteiger charge is -2.38. The van der Waals surface area contributed by atoms with Crippen LogP contribution in [0.2, 0.25) is 0 Å². The molecular weight excluding hydrogens is 270 g/mol. The monoisotopic (exact) mass is 295 g/mol. The smallest absolute Gasteiger partial charge is 0.0237 e. The van der Waals surface area contributed by atoms with E-state index in [-0.39, 0.29) is 12.4 Å². The van der Waals surface area contributed by atoms with Crippen molar-refractivity contribution in [3.63, 3.8) is 0 Å². The lowest BCUT2D eigenvalue weighted by atomic mass is 10.1. The van der Waals surface area contributed by atoms with Gasteiger partial charge < -0.3 is 5.32 Å². The van der Waals surface area contributed by atoms with Crippen molar-refractivity contribution in [1.82, 2.24) is 15.1 Å². The van der Waals surface area contributed by atoms with E-state index in [9.17, 15) is 0 Å². The van der Waals surface area contributed by atoms with Gasteiger partial charge in [-0.1, -0.05) is 24.3 Å². The highest BCUT2D eigenvalue weighted by Crippen LogP contribution is 2.15. The van der Waals surface area contributed by atoms with Crippen LogP contribution in [0.4, 0.5) is 0 Å². The Labute approximate surface area is 128 Å². The molecule has 0 aromatic heterocycles. The molecule has 0 radical (unpaired) electrons. The molecule has 0 bridgehead atoms. The van der Waals surface area contributed by atoms with E-state index < -0.39 is 0 Å². The van der Waals surface area contributed by atoms with E-state index in [2.05, 4.69) is 46.3 Å². The summed E-state index contributed by atoms with van der Waals surface area (Å²) in [4.78, 5) is 5.27. The molecule has 2 aliphatic heterocycles. The minimum Gasteiger partial charge on any atom is -0.315 e. The molecule has 20 heavy (non-hydrogen) atoms. The van der Waals surface area contributed by atoms with Gasteiger partial charge in [0.1, 0.15) is 0 Å². The van der Waals surface area contributed by atoms with Gasteiger partial charge in [-0.2, -0.15) is 0 Å². The van der Waals surface area contributed by atoms with Crippen LogP contribution < -0.4 is 5.32 Å². The average Bonchev–Trinajstić information content (AvgIpc) is 2.96. The summed E-state index contributed by atoms with van der Waals surface area (Å²) in [6, 6.07) is 9.56. The summed E-state index contributed by atoms with van der Waals surface area (Å²) in [6.45, 7) is 10.6. The standard InChI is InChI=1S/C16H25N3.ClH/c1-14-4-2-3-5-15(14)13-18-8-10-19(11-9-18)16-6-7-17-12-16;/h2-5,16-17H,6-13H2,1H3;1H. The summed E-state index contributed by atoms with van der Waals surface area (Å²) in [5.74, 6) is 0. The van der Waals surface area contributed by atoms with E-state index in [1.54, 1.807) is 0 Å². The van der Waals surface area contributed by atoms with Crippen molar-refractivity contribution >= 4 is 12.4 Å². The van der Waals surface area contributed by atoms with Crippen molar-refractivity contribution in [3.8, 4) is 0 Å². The number of halogens is 1. The number of piperazine rings is 1. The normalized spacial score (nSPS) is 24.6. The highest BCUT2D eigenvalue weighted by atomic mass is 35.5. The molecule has 0 spiro atoms.